The minimum absolute atomic E-state index is 0.0730. The van der Waals surface area contributed by atoms with Crippen molar-refractivity contribution in [1.29, 1.82) is 0 Å². The van der Waals surface area contributed by atoms with Gasteiger partial charge in [-0.25, -0.2) is 0 Å². The number of likely N-dealkylation sites (N-methyl/N-ethyl adjacent to an activating group) is 2. The zero-order chi connectivity index (χ0) is 10.3. The van der Waals surface area contributed by atoms with Gasteiger partial charge in [-0.2, -0.15) is 0 Å². The van der Waals surface area contributed by atoms with Gasteiger partial charge in [-0.05, 0) is 19.5 Å². The number of rotatable bonds is 1. The molecule has 0 fully saturated rings. The zero-order valence-electron chi connectivity index (χ0n) is 8.74. The maximum Gasteiger partial charge on any atom is 0.201 e. The van der Waals surface area contributed by atoms with Crippen molar-refractivity contribution in [2.24, 2.45) is 0 Å². The predicted molar refractivity (Wildman–Crippen MR) is 54.5 cm³/mol. The van der Waals surface area contributed by atoms with E-state index in [9.17, 15) is 5.11 Å². The second-order valence-corrected chi connectivity index (χ2v) is 3.86. The highest BCUT2D eigenvalue weighted by Gasteiger charge is 2.33. The van der Waals surface area contributed by atoms with E-state index in [-0.39, 0.29) is 6.04 Å². The van der Waals surface area contributed by atoms with E-state index in [1.807, 2.05) is 25.9 Å². The number of aryl methyl sites for hydroxylation is 1. The van der Waals surface area contributed by atoms with Gasteiger partial charge in [0.2, 0.25) is 5.88 Å². The smallest absolute Gasteiger partial charge is 0.201 e. The number of nitrogens with zero attached hydrogens (tertiary/aromatic N) is 1. The highest BCUT2D eigenvalue weighted by atomic mass is 16.4. The second kappa shape index (κ2) is 3.29. The van der Waals surface area contributed by atoms with Gasteiger partial charge in [-0.3, -0.25) is 0 Å². The minimum atomic E-state index is -0.468. The first kappa shape index (κ1) is 9.55. The van der Waals surface area contributed by atoms with Crippen LogP contribution in [-0.2, 0) is 0 Å². The van der Waals surface area contributed by atoms with Gasteiger partial charge in [-0.15, -0.1) is 0 Å². The van der Waals surface area contributed by atoms with Crippen molar-refractivity contribution >= 4 is 5.88 Å². The van der Waals surface area contributed by atoms with Crippen LogP contribution in [0.15, 0.2) is 10.7 Å². The number of aliphatic hydroxyl groups is 1. The van der Waals surface area contributed by atoms with E-state index < -0.39 is 6.10 Å². The predicted octanol–water partition coefficient (Wildman–Crippen LogP) is 0.659. The number of nitrogens with one attached hydrogen (secondary N) is 1. The number of furan rings is 1. The molecule has 0 saturated carbocycles. The molecule has 1 aliphatic rings. The summed E-state index contributed by atoms with van der Waals surface area (Å²) in [6.07, 6.45) is 1.23. The normalized spacial score (nSPS) is 26.4. The maximum atomic E-state index is 10.1. The van der Waals surface area contributed by atoms with Crippen LogP contribution in [0.3, 0.4) is 0 Å². The molecule has 2 heterocycles. The molecule has 78 valence electrons. The van der Waals surface area contributed by atoms with Crippen LogP contribution in [0.4, 0.5) is 5.88 Å². The highest BCUT2D eigenvalue weighted by Crippen LogP contribution is 2.36. The molecule has 1 aromatic rings. The monoisotopic (exact) mass is 196 g/mol. The van der Waals surface area contributed by atoms with Crippen molar-refractivity contribution in [3.05, 3.63) is 17.4 Å². The van der Waals surface area contributed by atoms with Crippen molar-refractivity contribution < 1.29 is 9.52 Å². The van der Waals surface area contributed by atoms with Gasteiger partial charge in [0.25, 0.3) is 0 Å². The van der Waals surface area contributed by atoms with Crippen molar-refractivity contribution in [3.8, 4) is 0 Å². The van der Waals surface area contributed by atoms with Gasteiger partial charge in [0, 0.05) is 19.2 Å². The lowest BCUT2D eigenvalue weighted by atomic mass is 9.97. The highest BCUT2D eigenvalue weighted by molar-refractivity contribution is 5.52. The van der Waals surface area contributed by atoms with E-state index in [0.29, 0.717) is 0 Å². The van der Waals surface area contributed by atoms with Crippen LogP contribution in [-0.4, -0.2) is 31.8 Å². The molecule has 2 atom stereocenters. The first-order valence-electron chi connectivity index (χ1n) is 4.79. The molecule has 0 saturated heterocycles. The van der Waals surface area contributed by atoms with Crippen LogP contribution >= 0.6 is 0 Å². The molecule has 0 bridgehead atoms. The number of hydrogen-bond donors (Lipinski definition) is 2. The summed E-state index contributed by atoms with van der Waals surface area (Å²) in [5, 5.41) is 13.2. The molecule has 2 N–H and O–H groups in total. The van der Waals surface area contributed by atoms with Crippen LogP contribution < -0.4 is 10.2 Å². The van der Waals surface area contributed by atoms with Crippen LogP contribution in [0.1, 0.15) is 17.2 Å². The van der Waals surface area contributed by atoms with E-state index in [2.05, 4.69) is 5.32 Å². The van der Waals surface area contributed by atoms with E-state index in [0.717, 1.165) is 23.6 Å². The molecule has 0 aromatic carbocycles. The molecule has 0 spiro atoms. The van der Waals surface area contributed by atoms with Crippen LogP contribution in [0.2, 0.25) is 0 Å². The lowest BCUT2D eigenvalue weighted by molar-refractivity contribution is 0.127. The van der Waals surface area contributed by atoms with Gasteiger partial charge < -0.3 is 19.7 Å². The minimum Gasteiger partial charge on any atom is -0.448 e. The summed E-state index contributed by atoms with van der Waals surface area (Å²) in [6.45, 7) is 2.72. The molecule has 14 heavy (non-hydrogen) atoms. The number of hydrogen-bond acceptors (Lipinski definition) is 4. The molecule has 1 aliphatic heterocycles. The third kappa shape index (κ3) is 1.22. The van der Waals surface area contributed by atoms with Crippen LogP contribution in [0, 0.1) is 6.92 Å². The fourth-order valence-corrected chi connectivity index (χ4v) is 2.02. The van der Waals surface area contributed by atoms with Crippen molar-refractivity contribution in [3.63, 3.8) is 0 Å². The topological polar surface area (TPSA) is 48.6 Å². The Kier molecular flexibility index (Phi) is 2.25. The molecule has 4 heteroatoms. The molecule has 0 amide bonds. The fraction of sp³-hybridized carbons (Fsp3) is 0.600. The summed E-state index contributed by atoms with van der Waals surface area (Å²) < 4.78 is 5.40. The van der Waals surface area contributed by atoms with Crippen molar-refractivity contribution in [1.82, 2.24) is 5.32 Å². The number of aliphatic hydroxyl groups excluding tert-OH is 1. The number of fused-ring (bicyclic) bond motifs is 1. The third-order valence-electron chi connectivity index (χ3n) is 2.87. The average Bonchev–Trinajstić information content (AvgIpc) is 2.54. The van der Waals surface area contributed by atoms with Gasteiger partial charge >= 0.3 is 0 Å². The Morgan fingerprint density at radius 3 is 3.00 bits per heavy atom. The Labute approximate surface area is 83.5 Å². The Bertz CT molecular complexity index is 335. The molecular weight excluding hydrogens is 180 g/mol. The average molecular weight is 196 g/mol. The first-order chi connectivity index (χ1) is 6.65. The summed E-state index contributed by atoms with van der Waals surface area (Å²) in [4.78, 5) is 2.02. The Morgan fingerprint density at radius 2 is 2.36 bits per heavy atom. The Balaban J connectivity index is 2.43. The van der Waals surface area contributed by atoms with Gasteiger partial charge in [0.05, 0.1) is 12.3 Å². The summed E-state index contributed by atoms with van der Waals surface area (Å²) in [5.41, 5.74) is 1.93. The summed E-state index contributed by atoms with van der Waals surface area (Å²) in [7, 11) is 3.83. The van der Waals surface area contributed by atoms with E-state index in [1.165, 1.54) is 0 Å². The molecule has 0 radical (unpaired) electrons. The zero-order valence-corrected chi connectivity index (χ0v) is 8.74. The Morgan fingerprint density at radius 1 is 1.64 bits per heavy atom. The van der Waals surface area contributed by atoms with Crippen molar-refractivity contribution in [2.45, 2.75) is 19.1 Å². The lowest BCUT2D eigenvalue weighted by Crippen LogP contribution is -2.45. The standard InChI is InChI=1S/C10H16N2O2/c1-6-5-14-10-8(6)9(13)7(11-2)4-12(10)3/h5,7,9,11,13H,4H2,1-3H3. The molecule has 2 unspecified atom stereocenters. The first-order valence-corrected chi connectivity index (χ1v) is 4.79. The Hall–Kier alpha value is -1.00. The lowest BCUT2D eigenvalue weighted by Gasteiger charge is -2.33. The fourth-order valence-electron chi connectivity index (χ4n) is 2.02. The quantitative estimate of drug-likeness (QED) is 0.692. The molecule has 0 aliphatic carbocycles. The summed E-state index contributed by atoms with van der Waals surface area (Å²) in [6, 6.07) is 0.0730. The molecule has 4 nitrogen and oxygen atoms in total. The largest absolute Gasteiger partial charge is 0.448 e. The van der Waals surface area contributed by atoms with Crippen LogP contribution in [0.5, 0.6) is 0 Å². The van der Waals surface area contributed by atoms with E-state index in [1.54, 1.807) is 6.26 Å². The van der Waals surface area contributed by atoms with E-state index in [4.69, 9.17) is 4.42 Å². The summed E-state index contributed by atoms with van der Waals surface area (Å²) in [5.74, 6) is 0.793. The van der Waals surface area contributed by atoms with Crippen molar-refractivity contribution in [2.75, 3.05) is 25.5 Å². The van der Waals surface area contributed by atoms with Gasteiger partial charge in [-0.1, -0.05) is 0 Å². The second-order valence-electron chi connectivity index (χ2n) is 3.86. The molecular formula is C10H16N2O2. The van der Waals surface area contributed by atoms with Crippen LogP contribution in [0.25, 0.3) is 0 Å². The van der Waals surface area contributed by atoms with Gasteiger partial charge in [0.1, 0.15) is 6.10 Å². The molecule has 1 aromatic heterocycles. The summed E-state index contributed by atoms with van der Waals surface area (Å²) >= 11 is 0. The van der Waals surface area contributed by atoms with Gasteiger partial charge in [0.15, 0.2) is 0 Å². The maximum absolute atomic E-state index is 10.1. The SMILES string of the molecule is CNC1CN(C)c2occ(C)c2C1O. The third-order valence-corrected chi connectivity index (χ3v) is 2.87. The molecule has 2 rings (SSSR count). The number of anilines is 1. The van der Waals surface area contributed by atoms with E-state index >= 15 is 0 Å².